The number of aromatic nitrogens is 2. The third kappa shape index (κ3) is 5.57. The van der Waals surface area contributed by atoms with E-state index in [-0.39, 0.29) is 5.91 Å². The number of ether oxygens (including phenoxy) is 3. The van der Waals surface area contributed by atoms with Gasteiger partial charge in [0.2, 0.25) is 11.7 Å². The number of hydrogen-bond donors (Lipinski definition) is 0. The van der Waals surface area contributed by atoms with E-state index in [9.17, 15) is 4.79 Å². The second kappa shape index (κ2) is 11.5. The first-order valence-corrected chi connectivity index (χ1v) is 13.6. The first-order valence-electron chi connectivity index (χ1n) is 12.7. The predicted molar refractivity (Wildman–Crippen MR) is 147 cm³/mol. The maximum atomic E-state index is 13.0. The summed E-state index contributed by atoms with van der Waals surface area (Å²) in [7, 11) is 4.74. The second-order valence-electron chi connectivity index (χ2n) is 9.33. The average molecular weight is 523 g/mol. The Kier molecular flexibility index (Phi) is 7.90. The van der Waals surface area contributed by atoms with Gasteiger partial charge in [0.05, 0.1) is 32.4 Å². The summed E-state index contributed by atoms with van der Waals surface area (Å²) in [5, 5.41) is 1.65. The van der Waals surface area contributed by atoms with Gasteiger partial charge in [-0.15, -0.1) is 0 Å². The Labute approximate surface area is 222 Å². The monoisotopic (exact) mass is 522 g/mol. The van der Waals surface area contributed by atoms with Crippen LogP contribution in [0.3, 0.4) is 0 Å². The van der Waals surface area contributed by atoms with Crippen molar-refractivity contribution in [1.29, 1.82) is 0 Å². The predicted octanol–water partition coefficient (Wildman–Crippen LogP) is 4.17. The fraction of sp³-hybridized carbons (Fsp3) is 0.429. The van der Waals surface area contributed by atoms with Gasteiger partial charge < -0.3 is 28.6 Å². The Hall–Kier alpha value is -3.17. The van der Waals surface area contributed by atoms with E-state index in [0.717, 1.165) is 68.3 Å². The summed E-state index contributed by atoms with van der Waals surface area (Å²) >= 11 is 1.89. The fourth-order valence-electron chi connectivity index (χ4n) is 5.10. The molecule has 0 radical (unpaired) electrons. The number of rotatable bonds is 7. The largest absolute Gasteiger partial charge is 0.493 e. The Morgan fingerprint density at radius 2 is 1.81 bits per heavy atom. The maximum absolute atomic E-state index is 13.0. The smallest absolute Gasteiger partial charge is 0.246 e. The highest BCUT2D eigenvalue weighted by Gasteiger charge is 2.26. The third-order valence-corrected chi connectivity index (χ3v) is 8.27. The highest BCUT2D eigenvalue weighted by molar-refractivity contribution is 7.99. The number of carbonyl (C=O) groups excluding carboxylic acids is 1. The molecule has 37 heavy (non-hydrogen) atoms. The number of thioether (sulfide) groups is 1. The number of benzene rings is 2. The lowest BCUT2D eigenvalue weighted by Gasteiger charge is -2.29. The van der Waals surface area contributed by atoms with Gasteiger partial charge >= 0.3 is 0 Å². The zero-order chi connectivity index (χ0) is 25.8. The number of imidazole rings is 1. The minimum absolute atomic E-state index is 0.0244. The molecule has 1 unspecified atom stereocenters. The molecule has 0 bridgehead atoms. The Balaban J connectivity index is 1.17. The number of nitrogens with zero attached hydrogens (tertiary/aromatic N) is 4. The van der Waals surface area contributed by atoms with Gasteiger partial charge in [0.1, 0.15) is 0 Å². The number of hydrogen-bond acceptors (Lipinski definition) is 7. The van der Waals surface area contributed by atoms with Crippen molar-refractivity contribution in [1.82, 2.24) is 19.4 Å². The Morgan fingerprint density at radius 3 is 2.57 bits per heavy atom. The van der Waals surface area contributed by atoms with Crippen LogP contribution in [0.5, 0.6) is 17.2 Å². The van der Waals surface area contributed by atoms with Crippen LogP contribution in [0.25, 0.3) is 17.1 Å². The third-order valence-electron chi connectivity index (χ3n) is 7.03. The molecule has 8 nitrogen and oxygen atoms in total. The van der Waals surface area contributed by atoms with Crippen molar-refractivity contribution in [2.75, 3.05) is 54.1 Å². The molecule has 9 heteroatoms. The van der Waals surface area contributed by atoms with Gasteiger partial charge in [0, 0.05) is 44.0 Å². The van der Waals surface area contributed by atoms with Crippen LogP contribution in [0.2, 0.25) is 0 Å². The van der Waals surface area contributed by atoms with Gasteiger partial charge in [0.25, 0.3) is 0 Å². The molecule has 1 atom stereocenters. The molecule has 2 aliphatic heterocycles. The van der Waals surface area contributed by atoms with Gasteiger partial charge in [-0.05, 0) is 55.3 Å². The van der Waals surface area contributed by atoms with Gasteiger partial charge in [-0.3, -0.25) is 4.79 Å². The molecule has 3 aromatic rings. The summed E-state index contributed by atoms with van der Waals surface area (Å²) < 4.78 is 18.6. The van der Waals surface area contributed by atoms with Gasteiger partial charge in [0.15, 0.2) is 16.7 Å². The first-order chi connectivity index (χ1) is 18.1. The van der Waals surface area contributed by atoms with Crippen molar-refractivity contribution in [2.24, 2.45) is 0 Å². The minimum Gasteiger partial charge on any atom is -0.493 e. The second-order valence-corrected chi connectivity index (χ2v) is 10.6. The molecule has 2 aromatic carbocycles. The molecule has 0 N–H and O–H groups in total. The molecule has 0 spiro atoms. The van der Waals surface area contributed by atoms with E-state index >= 15 is 0 Å². The molecule has 3 heterocycles. The lowest BCUT2D eigenvalue weighted by atomic mass is 10.1. The summed E-state index contributed by atoms with van der Waals surface area (Å²) in [4.78, 5) is 22.3. The van der Waals surface area contributed by atoms with Gasteiger partial charge in [-0.1, -0.05) is 23.9 Å². The lowest BCUT2D eigenvalue weighted by molar-refractivity contribution is -0.125. The van der Waals surface area contributed by atoms with Crippen LogP contribution in [0, 0.1) is 0 Å². The van der Waals surface area contributed by atoms with Crippen LogP contribution < -0.4 is 14.2 Å². The van der Waals surface area contributed by atoms with Crippen molar-refractivity contribution in [3.8, 4) is 17.2 Å². The molecule has 196 valence electrons. The van der Waals surface area contributed by atoms with E-state index in [4.69, 9.17) is 19.2 Å². The zero-order valence-corrected chi connectivity index (χ0v) is 22.5. The quantitative estimate of drug-likeness (QED) is 0.432. The molecule has 1 aromatic heterocycles. The number of fused-ring (bicyclic) bond motifs is 3. The van der Waals surface area contributed by atoms with Crippen molar-refractivity contribution in [3.05, 3.63) is 48.0 Å². The van der Waals surface area contributed by atoms with Crippen LogP contribution in [-0.2, 0) is 11.3 Å². The van der Waals surface area contributed by atoms with E-state index in [1.807, 2.05) is 34.9 Å². The molecule has 1 saturated heterocycles. The summed E-state index contributed by atoms with van der Waals surface area (Å²) in [5.74, 6) is 1.69. The van der Waals surface area contributed by atoms with Gasteiger partial charge in [-0.25, -0.2) is 4.98 Å². The average Bonchev–Trinajstić information content (AvgIpc) is 3.13. The highest BCUT2D eigenvalue weighted by atomic mass is 32.2. The minimum atomic E-state index is 0.0244. The Bertz CT molecular complexity index is 1270. The maximum Gasteiger partial charge on any atom is 0.246 e. The Morgan fingerprint density at radius 1 is 1.03 bits per heavy atom. The number of para-hydroxylation sites is 2. The highest BCUT2D eigenvalue weighted by Crippen LogP contribution is 2.38. The van der Waals surface area contributed by atoms with Crippen LogP contribution in [0.4, 0.5) is 0 Å². The molecule has 0 aliphatic carbocycles. The van der Waals surface area contributed by atoms with Crippen molar-refractivity contribution < 1.29 is 19.0 Å². The van der Waals surface area contributed by atoms with Crippen molar-refractivity contribution >= 4 is 34.8 Å². The normalized spacial score (nSPS) is 18.6. The van der Waals surface area contributed by atoms with Crippen LogP contribution in [-0.4, -0.2) is 84.6 Å². The fourth-order valence-corrected chi connectivity index (χ4v) is 6.38. The standard InChI is InChI=1S/C28H34N4O4S/c1-34-24-17-20(18-25(35-2)27(24)36-3)9-10-26(33)31-13-6-12-30(15-16-31)19-21-11-14-32-23-8-5-4-7-22(23)29-28(32)37-21/h4-5,7-10,17-18,21H,6,11-16,19H2,1-3H3. The molecule has 1 amide bonds. The summed E-state index contributed by atoms with van der Waals surface area (Å²) in [6, 6.07) is 12.1. The molecule has 5 rings (SSSR count). The molecular formula is C28H34N4O4S. The molecule has 1 fully saturated rings. The van der Waals surface area contributed by atoms with E-state index in [1.165, 1.54) is 5.52 Å². The summed E-state index contributed by atoms with van der Waals surface area (Å²) in [6.07, 6.45) is 5.55. The molecule has 0 saturated carbocycles. The van der Waals surface area contributed by atoms with E-state index in [0.29, 0.717) is 22.5 Å². The number of methoxy groups -OCH3 is 3. The summed E-state index contributed by atoms with van der Waals surface area (Å²) in [5.41, 5.74) is 3.13. The number of amides is 1. The van der Waals surface area contributed by atoms with Crippen LogP contribution in [0.15, 0.2) is 47.6 Å². The SMILES string of the molecule is COc1cc(C=CC(=O)N2CCCN(CC3CCn4c(nc5ccccc54)S3)CC2)cc(OC)c1OC. The van der Waals surface area contributed by atoms with Crippen LogP contribution >= 0.6 is 11.8 Å². The zero-order valence-electron chi connectivity index (χ0n) is 21.7. The van der Waals surface area contributed by atoms with E-state index in [1.54, 1.807) is 33.5 Å². The number of aryl methyl sites for hydroxylation is 1. The summed E-state index contributed by atoms with van der Waals surface area (Å²) in [6.45, 7) is 5.43. The van der Waals surface area contributed by atoms with Gasteiger partial charge in [-0.2, -0.15) is 0 Å². The van der Waals surface area contributed by atoms with E-state index < -0.39 is 0 Å². The van der Waals surface area contributed by atoms with Crippen molar-refractivity contribution in [3.63, 3.8) is 0 Å². The van der Waals surface area contributed by atoms with Crippen molar-refractivity contribution in [2.45, 2.75) is 29.8 Å². The molecular weight excluding hydrogens is 488 g/mol. The molecule has 2 aliphatic rings. The lowest BCUT2D eigenvalue weighted by Crippen LogP contribution is -2.37. The number of carbonyl (C=O) groups is 1. The first kappa shape index (κ1) is 25.5. The van der Waals surface area contributed by atoms with Crippen LogP contribution in [0.1, 0.15) is 18.4 Å². The topological polar surface area (TPSA) is 69.1 Å². The van der Waals surface area contributed by atoms with E-state index in [2.05, 4.69) is 27.7 Å².